The quantitative estimate of drug-likeness (QED) is 0.848. The smallest absolute Gasteiger partial charge is 0.304 e. The van der Waals surface area contributed by atoms with Gasteiger partial charge in [0.2, 0.25) is 0 Å². The molecule has 0 fully saturated rings. The molecule has 0 radical (unpaired) electrons. The van der Waals surface area contributed by atoms with Gasteiger partial charge in [-0.15, -0.1) is 0 Å². The molecule has 2 aromatic rings. The summed E-state index contributed by atoms with van der Waals surface area (Å²) in [6, 6.07) is 14.4. The summed E-state index contributed by atoms with van der Waals surface area (Å²) in [5.74, 6) is -0.768. The predicted molar refractivity (Wildman–Crippen MR) is 72.8 cm³/mol. The van der Waals surface area contributed by atoms with Gasteiger partial charge >= 0.3 is 5.97 Å². The lowest BCUT2D eigenvalue weighted by atomic mass is 10.0. The largest absolute Gasteiger partial charge is 0.481 e. The standard InChI is InChI=1S/C15H17NO2/c1-16-14(10-15(17)18)9-11-6-7-12-4-2-3-5-13(12)8-11/h2-8,14,16H,9-10H2,1H3,(H,17,18)/t14-/m1/s1. The zero-order chi connectivity index (χ0) is 13.0. The van der Waals surface area contributed by atoms with E-state index in [-0.39, 0.29) is 12.5 Å². The molecule has 0 saturated carbocycles. The highest BCUT2D eigenvalue weighted by Gasteiger charge is 2.11. The van der Waals surface area contributed by atoms with Gasteiger partial charge in [-0.2, -0.15) is 0 Å². The maximum atomic E-state index is 10.7. The van der Waals surface area contributed by atoms with Gasteiger partial charge in [0.15, 0.2) is 0 Å². The van der Waals surface area contributed by atoms with Crippen molar-refractivity contribution in [3.05, 3.63) is 48.0 Å². The SMILES string of the molecule is CN[C@@H](CC(=O)O)Cc1ccc2ccccc2c1. The predicted octanol–water partition coefficient (Wildman–Crippen LogP) is 2.45. The van der Waals surface area contributed by atoms with E-state index in [1.54, 1.807) is 7.05 Å². The fourth-order valence-electron chi connectivity index (χ4n) is 2.14. The minimum absolute atomic E-state index is 0.0244. The van der Waals surface area contributed by atoms with Crippen molar-refractivity contribution in [2.45, 2.75) is 18.9 Å². The zero-order valence-corrected chi connectivity index (χ0v) is 10.4. The molecular formula is C15H17NO2. The van der Waals surface area contributed by atoms with E-state index in [4.69, 9.17) is 5.11 Å². The van der Waals surface area contributed by atoms with Crippen molar-refractivity contribution in [2.75, 3.05) is 7.05 Å². The maximum absolute atomic E-state index is 10.7. The Kier molecular flexibility index (Phi) is 3.95. The maximum Gasteiger partial charge on any atom is 0.304 e. The fraction of sp³-hybridized carbons (Fsp3) is 0.267. The van der Waals surface area contributed by atoms with Crippen molar-refractivity contribution in [1.82, 2.24) is 5.32 Å². The number of rotatable bonds is 5. The highest BCUT2D eigenvalue weighted by Crippen LogP contribution is 2.17. The van der Waals surface area contributed by atoms with Crippen LogP contribution in [-0.4, -0.2) is 24.2 Å². The van der Waals surface area contributed by atoms with Crippen LogP contribution >= 0.6 is 0 Å². The molecule has 3 nitrogen and oxygen atoms in total. The summed E-state index contributed by atoms with van der Waals surface area (Å²) in [5.41, 5.74) is 1.16. The van der Waals surface area contributed by atoms with Crippen LogP contribution in [0.25, 0.3) is 10.8 Å². The fourth-order valence-corrected chi connectivity index (χ4v) is 2.14. The first-order valence-corrected chi connectivity index (χ1v) is 6.06. The third-order valence-electron chi connectivity index (χ3n) is 3.13. The van der Waals surface area contributed by atoms with E-state index in [2.05, 4.69) is 35.6 Å². The normalized spacial score (nSPS) is 12.5. The first kappa shape index (κ1) is 12.6. The minimum atomic E-state index is -0.768. The molecule has 0 bridgehead atoms. The number of carboxylic acid groups (broad SMARTS) is 1. The van der Waals surface area contributed by atoms with E-state index in [9.17, 15) is 4.79 Å². The van der Waals surface area contributed by atoms with E-state index < -0.39 is 5.97 Å². The van der Waals surface area contributed by atoms with E-state index in [1.165, 1.54) is 10.8 Å². The van der Waals surface area contributed by atoms with Gasteiger partial charge in [-0.25, -0.2) is 0 Å². The lowest BCUT2D eigenvalue weighted by molar-refractivity contribution is -0.137. The van der Waals surface area contributed by atoms with Crippen LogP contribution in [0.4, 0.5) is 0 Å². The van der Waals surface area contributed by atoms with Crippen LogP contribution < -0.4 is 5.32 Å². The molecule has 0 aliphatic heterocycles. The average Bonchev–Trinajstić information content (AvgIpc) is 2.37. The Balaban J connectivity index is 2.17. The lowest BCUT2D eigenvalue weighted by Crippen LogP contribution is -2.30. The van der Waals surface area contributed by atoms with Crippen LogP contribution in [0.5, 0.6) is 0 Å². The number of likely N-dealkylation sites (N-methyl/N-ethyl adjacent to an activating group) is 1. The second-order valence-corrected chi connectivity index (χ2v) is 4.47. The number of benzene rings is 2. The Hall–Kier alpha value is -1.87. The number of carboxylic acids is 1. The molecule has 0 amide bonds. The van der Waals surface area contributed by atoms with Gasteiger partial charge in [0, 0.05) is 6.04 Å². The number of nitrogens with one attached hydrogen (secondary N) is 1. The molecule has 94 valence electrons. The van der Waals surface area contributed by atoms with Gasteiger partial charge in [0.05, 0.1) is 6.42 Å². The number of hydrogen-bond acceptors (Lipinski definition) is 2. The van der Waals surface area contributed by atoms with E-state index in [0.717, 1.165) is 12.0 Å². The third kappa shape index (κ3) is 3.08. The van der Waals surface area contributed by atoms with Crippen molar-refractivity contribution in [2.24, 2.45) is 0 Å². The van der Waals surface area contributed by atoms with Crippen molar-refractivity contribution >= 4 is 16.7 Å². The summed E-state index contributed by atoms with van der Waals surface area (Å²) in [5, 5.41) is 14.3. The molecule has 2 aromatic carbocycles. The Bertz CT molecular complexity index is 551. The summed E-state index contributed by atoms with van der Waals surface area (Å²) in [6.07, 6.45) is 0.872. The third-order valence-corrected chi connectivity index (χ3v) is 3.13. The van der Waals surface area contributed by atoms with Gasteiger partial charge in [0.25, 0.3) is 0 Å². The number of aliphatic carboxylic acids is 1. The second-order valence-electron chi connectivity index (χ2n) is 4.47. The summed E-state index contributed by atoms with van der Waals surface area (Å²) >= 11 is 0. The van der Waals surface area contributed by atoms with Gasteiger partial charge in [-0.3, -0.25) is 4.79 Å². The molecular weight excluding hydrogens is 226 g/mol. The van der Waals surface area contributed by atoms with Gasteiger partial charge in [-0.1, -0.05) is 42.5 Å². The molecule has 1 atom stereocenters. The van der Waals surface area contributed by atoms with Gasteiger partial charge in [-0.05, 0) is 29.8 Å². The molecule has 0 unspecified atom stereocenters. The van der Waals surface area contributed by atoms with Crippen LogP contribution in [0.15, 0.2) is 42.5 Å². The van der Waals surface area contributed by atoms with E-state index in [1.807, 2.05) is 12.1 Å². The highest BCUT2D eigenvalue weighted by atomic mass is 16.4. The van der Waals surface area contributed by atoms with E-state index in [0.29, 0.717) is 0 Å². The zero-order valence-electron chi connectivity index (χ0n) is 10.4. The summed E-state index contributed by atoms with van der Waals surface area (Å²) in [6.45, 7) is 0. The Morgan fingerprint density at radius 1 is 1.22 bits per heavy atom. The molecule has 0 saturated heterocycles. The average molecular weight is 243 g/mol. The van der Waals surface area contributed by atoms with Gasteiger partial charge in [0.1, 0.15) is 0 Å². The van der Waals surface area contributed by atoms with Crippen molar-refractivity contribution in [3.8, 4) is 0 Å². The van der Waals surface area contributed by atoms with Crippen LogP contribution in [0, 0.1) is 0 Å². The summed E-state index contributed by atoms with van der Waals surface area (Å²) < 4.78 is 0. The van der Waals surface area contributed by atoms with Crippen LogP contribution in [0.2, 0.25) is 0 Å². The molecule has 0 heterocycles. The second kappa shape index (κ2) is 5.65. The molecule has 0 aliphatic carbocycles. The van der Waals surface area contributed by atoms with Crippen molar-refractivity contribution < 1.29 is 9.90 Å². The molecule has 0 spiro atoms. The number of fused-ring (bicyclic) bond motifs is 1. The molecule has 3 heteroatoms. The van der Waals surface area contributed by atoms with Crippen LogP contribution in [0.1, 0.15) is 12.0 Å². The lowest BCUT2D eigenvalue weighted by Gasteiger charge is -2.14. The Morgan fingerprint density at radius 3 is 2.61 bits per heavy atom. The molecule has 18 heavy (non-hydrogen) atoms. The van der Waals surface area contributed by atoms with Crippen LogP contribution in [0.3, 0.4) is 0 Å². The molecule has 2 N–H and O–H groups in total. The Morgan fingerprint density at radius 2 is 1.94 bits per heavy atom. The molecule has 2 rings (SSSR count). The van der Waals surface area contributed by atoms with Gasteiger partial charge < -0.3 is 10.4 Å². The number of carbonyl (C=O) groups is 1. The first-order chi connectivity index (χ1) is 8.69. The number of hydrogen-bond donors (Lipinski definition) is 2. The van der Waals surface area contributed by atoms with Crippen LogP contribution in [-0.2, 0) is 11.2 Å². The summed E-state index contributed by atoms with van der Waals surface area (Å²) in [4.78, 5) is 10.7. The topological polar surface area (TPSA) is 49.3 Å². The van der Waals surface area contributed by atoms with Crippen molar-refractivity contribution in [1.29, 1.82) is 0 Å². The molecule has 0 aromatic heterocycles. The Labute approximate surface area is 106 Å². The monoisotopic (exact) mass is 243 g/mol. The highest BCUT2D eigenvalue weighted by molar-refractivity contribution is 5.83. The first-order valence-electron chi connectivity index (χ1n) is 6.06. The van der Waals surface area contributed by atoms with E-state index >= 15 is 0 Å². The summed E-state index contributed by atoms with van der Waals surface area (Å²) in [7, 11) is 1.80. The minimum Gasteiger partial charge on any atom is -0.481 e. The van der Waals surface area contributed by atoms with Crippen molar-refractivity contribution in [3.63, 3.8) is 0 Å². The molecule has 0 aliphatic rings.